The molecule has 1 unspecified atom stereocenters. The lowest BCUT2D eigenvalue weighted by Crippen LogP contribution is -2.29. The Morgan fingerprint density at radius 2 is 2.18 bits per heavy atom. The molecule has 0 aliphatic rings. The van der Waals surface area contributed by atoms with E-state index in [1.165, 1.54) is 18.2 Å². The zero-order chi connectivity index (χ0) is 12.8. The van der Waals surface area contributed by atoms with Crippen LogP contribution in [0.3, 0.4) is 0 Å². The number of hydrogen-bond acceptors (Lipinski definition) is 4. The van der Waals surface area contributed by atoms with Crippen molar-refractivity contribution in [2.24, 2.45) is 5.92 Å². The summed E-state index contributed by atoms with van der Waals surface area (Å²) in [5.74, 6) is 0.309. The van der Waals surface area contributed by atoms with E-state index < -0.39 is 0 Å². The molecule has 0 aromatic heterocycles. The molecule has 3 N–H and O–H groups in total. The highest BCUT2D eigenvalue weighted by atomic mass is 32.2. The van der Waals surface area contributed by atoms with Crippen LogP contribution in [-0.4, -0.2) is 34.7 Å². The predicted molar refractivity (Wildman–Crippen MR) is 69.7 cm³/mol. The van der Waals surface area contributed by atoms with Gasteiger partial charge in [0.25, 0.3) is 5.91 Å². The SMILES string of the molecule is CSCC(C)CNC(=O)c1cccc(O)c1O. The molecule has 0 fully saturated rings. The summed E-state index contributed by atoms with van der Waals surface area (Å²) in [5, 5.41) is 21.5. The number of carbonyl (C=O) groups excluding carboxylic acids is 1. The smallest absolute Gasteiger partial charge is 0.255 e. The van der Waals surface area contributed by atoms with Gasteiger partial charge in [0, 0.05) is 6.54 Å². The molecule has 1 atom stereocenters. The zero-order valence-corrected chi connectivity index (χ0v) is 10.8. The molecule has 0 spiro atoms. The van der Waals surface area contributed by atoms with E-state index in [4.69, 9.17) is 0 Å². The number of nitrogens with one attached hydrogen (secondary N) is 1. The van der Waals surface area contributed by atoms with E-state index in [1.807, 2.05) is 13.2 Å². The van der Waals surface area contributed by atoms with Crippen LogP contribution in [-0.2, 0) is 0 Å². The number of benzene rings is 1. The van der Waals surface area contributed by atoms with E-state index >= 15 is 0 Å². The number of hydrogen-bond donors (Lipinski definition) is 3. The van der Waals surface area contributed by atoms with Crippen molar-refractivity contribution in [3.05, 3.63) is 23.8 Å². The summed E-state index contributed by atoms with van der Waals surface area (Å²) in [6.07, 6.45) is 2.01. The molecule has 0 saturated carbocycles. The Morgan fingerprint density at radius 1 is 1.47 bits per heavy atom. The van der Waals surface area contributed by atoms with Crippen molar-refractivity contribution in [3.63, 3.8) is 0 Å². The third-order valence-electron chi connectivity index (χ3n) is 2.32. The topological polar surface area (TPSA) is 69.6 Å². The second-order valence-electron chi connectivity index (χ2n) is 3.94. The minimum absolute atomic E-state index is 0.0985. The lowest BCUT2D eigenvalue weighted by atomic mass is 10.1. The van der Waals surface area contributed by atoms with Gasteiger partial charge in [0.2, 0.25) is 0 Å². The van der Waals surface area contributed by atoms with Gasteiger partial charge in [-0.3, -0.25) is 4.79 Å². The zero-order valence-electron chi connectivity index (χ0n) is 9.93. The molecule has 0 saturated heterocycles. The van der Waals surface area contributed by atoms with Crippen molar-refractivity contribution in [3.8, 4) is 11.5 Å². The van der Waals surface area contributed by atoms with Crippen molar-refractivity contribution >= 4 is 17.7 Å². The van der Waals surface area contributed by atoms with E-state index in [9.17, 15) is 15.0 Å². The first kappa shape index (κ1) is 13.7. The summed E-state index contributed by atoms with van der Waals surface area (Å²) in [4.78, 5) is 11.7. The Hall–Kier alpha value is -1.36. The summed E-state index contributed by atoms with van der Waals surface area (Å²) in [6, 6.07) is 4.33. The van der Waals surface area contributed by atoms with Gasteiger partial charge in [-0.15, -0.1) is 0 Å². The maximum Gasteiger partial charge on any atom is 0.255 e. The van der Waals surface area contributed by atoms with Crippen molar-refractivity contribution in [2.45, 2.75) is 6.92 Å². The molecule has 5 heteroatoms. The Morgan fingerprint density at radius 3 is 2.82 bits per heavy atom. The van der Waals surface area contributed by atoms with Gasteiger partial charge in [-0.1, -0.05) is 13.0 Å². The number of thioether (sulfide) groups is 1. The molecule has 1 aromatic rings. The Labute approximate surface area is 105 Å². The molecule has 1 amide bonds. The van der Waals surface area contributed by atoms with Crippen LogP contribution < -0.4 is 5.32 Å². The second kappa shape index (κ2) is 6.39. The maximum atomic E-state index is 11.7. The summed E-state index contributed by atoms with van der Waals surface area (Å²) >= 11 is 1.72. The summed E-state index contributed by atoms with van der Waals surface area (Å²) in [7, 11) is 0. The van der Waals surface area contributed by atoms with Gasteiger partial charge in [-0.05, 0) is 30.1 Å². The molecule has 17 heavy (non-hydrogen) atoms. The number of rotatable bonds is 5. The highest BCUT2D eigenvalue weighted by Crippen LogP contribution is 2.27. The van der Waals surface area contributed by atoms with Crippen LogP contribution in [0.1, 0.15) is 17.3 Å². The lowest BCUT2D eigenvalue weighted by Gasteiger charge is -2.12. The fourth-order valence-electron chi connectivity index (χ4n) is 1.42. The molecule has 0 heterocycles. The maximum absolute atomic E-state index is 11.7. The number of phenolic OH excluding ortho intramolecular Hbond substituents is 2. The summed E-state index contributed by atoms with van der Waals surface area (Å²) in [5.41, 5.74) is 0.0985. The molecule has 4 nitrogen and oxygen atoms in total. The first-order valence-corrected chi connectivity index (χ1v) is 6.73. The van der Waals surface area contributed by atoms with Gasteiger partial charge in [0.15, 0.2) is 11.5 Å². The van der Waals surface area contributed by atoms with Gasteiger partial charge in [0.1, 0.15) is 0 Å². The highest BCUT2D eigenvalue weighted by Gasteiger charge is 2.14. The minimum atomic E-state index is -0.373. The molecule has 1 rings (SSSR count). The fourth-order valence-corrected chi connectivity index (χ4v) is 2.11. The molecule has 1 aromatic carbocycles. The van der Waals surface area contributed by atoms with Crippen molar-refractivity contribution in [1.29, 1.82) is 0 Å². The molecular formula is C12H17NO3S. The van der Waals surface area contributed by atoms with Crippen LogP contribution in [0, 0.1) is 5.92 Å². The predicted octanol–water partition coefficient (Wildman–Crippen LogP) is 1.83. The highest BCUT2D eigenvalue weighted by molar-refractivity contribution is 7.98. The third kappa shape index (κ3) is 3.85. The number of aromatic hydroxyl groups is 2. The monoisotopic (exact) mass is 255 g/mol. The lowest BCUT2D eigenvalue weighted by molar-refractivity contribution is 0.0946. The first-order valence-electron chi connectivity index (χ1n) is 5.34. The first-order chi connectivity index (χ1) is 8.06. The van der Waals surface area contributed by atoms with Gasteiger partial charge >= 0.3 is 0 Å². The van der Waals surface area contributed by atoms with Gasteiger partial charge < -0.3 is 15.5 Å². The largest absolute Gasteiger partial charge is 0.504 e. The van der Waals surface area contributed by atoms with Crippen molar-refractivity contribution in [2.75, 3.05) is 18.6 Å². The van der Waals surface area contributed by atoms with Gasteiger partial charge in [-0.25, -0.2) is 0 Å². The quantitative estimate of drug-likeness (QED) is 0.702. The fraction of sp³-hybridized carbons (Fsp3) is 0.417. The van der Waals surface area contributed by atoms with Crippen LogP contribution in [0.2, 0.25) is 0 Å². The van der Waals surface area contributed by atoms with E-state index in [0.29, 0.717) is 12.5 Å². The molecule has 0 aliphatic heterocycles. The Balaban J connectivity index is 2.61. The van der Waals surface area contributed by atoms with Crippen molar-refractivity contribution < 1.29 is 15.0 Å². The summed E-state index contributed by atoms with van der Waals surface area (Å²) < 4.78 is 0. The van der Waals surface area contributed by atoms with E-state index in [2.05, 4.69) is 5.32 Å². The normalized spacial score (nSPS) is 12.1. The van der Waals surface area contributed by atoms with Crippen molar-refractivity contribution in [1.82, 2.24) is 5.32 Å². The molecule has 0 bridgehead atoms. The minimum Gasteiger partial charge on any atom is -0.504 e. The van der Waals surface area contributed by atoms with Crippen LogP contribution in [0.4, 0.5) is 0 Å². The van der Waals surface area contributed by atoms with Crippen LogP contribution in [0.25, 0.3) is 0 Å². The number of para-hydroxylation sites is 1. The average molecular weight is 255 g/mol. The Bertz CT molecular complexity index is 395. The Kier molecular flexibility index (Phi) is 5.15. The van der Waals surface area contributed by atoms with Crippen LogP contribution in [0.5, 0.6) is 11.5 Å². The average Bonchev–Trinajstić information content (AvgIpc) is 2.30. The molecular weight excluding hydrogens is 238 g/mol. The van der Waals surface area contributed by atoms with E-state index in [1.54, 1.807) is 11.8 Å². The molecule has 94 valence electrons. The van der Waals surface area contributed by atoms with E-state index in [-0.39, 0.29) is 23.0 Å². The van der Waals surface area contributed by atoms with Gasteiger partial charge in [0.05, 0.1) is 5.56 Å². The molecule has 0 aliphatic carbocycles. The number of amides is 1. The van der Waals surface area contributed by atoms with Crippen LogP contribution in [0.15, 0.2) is 18.2 Å². The summed E-state index contributed by atoms with van der Waals surface area (Å²) in [6.45, 7) is 2.59. The third-order valence-corrected chi connectivity index (χ3v) is 3.22. The number of phenols is 2. The second-order valence-corrected chi connectivity index (χ2v) is 4.85. The number of carbonyl (C=O) groups is 1. The van der Waals surface area contributed by atoms with Crippen LogP contribution >= 0.6 is 11.8 Å². The van der Waals surface area contributed by atoms with Gasteiger partial charge in [-0.2, -0.15) is 11.8 Å². The van der Waals surface area contributed by atoms with E-state index in [0.717, 1.165) is 5.75 Å². The molecule has 0 radical (unpaired) electrons. The standard InChI is InChI=1S/C12H17NO3S/c1-8(7-17-2)6-13-12(16)9-4-3-5-10(14)11(9)15/h3-5,8,14-15H,6-7H2,1-2H3,(H,13,16).